The van der Waals surface area contributed by atoms with Crippen LogP contribution in [0.2, 0.25) is 0 Å². The number of nitrogens with one attached hydrogen (secondary N) is 1. The molecule has 0 aromatic heterocycles. The van der Waals surface area contributed by atoms with Gasteiger partial charge in [-0.15, -0.1) is 0 Å². The van der Waals surface area contributed by atoms with Crippen molar-refractivity contribution in [2.24, 2.45) is 0 Å². The Hall–Kier alpha value is -1.21. The molecule has 4 unspecified atom stereocenters. The van der Waals surface area contributed by atoms with Gasteiger partial charge in [0.15, 0.2) is 0 Å². The Morgan fingerprint density at radius 3 is 0.926 bits per heavy atom. The number of carbonyl (C=O) groups is 1. The topological polar surface area (TPSA) is 110 Å². The van der Waals surface area contributed by atoms with Crippen LogP contribution in [-0.4, -0.2) is 57.3 Å². The van der Waals surface area contributed by atoms with Crippen LogP contribution in [0.1, 0.15) is 335 Å². The van der Waals surface area contributed by atoms with E-state index in [4.69, 9.17) is 0 Å². The third-order valence-corrected chi connectivity index (χ3v) is 14.6. The van der Waals surface area contributed by atoms with Crippen molar-refractivity contribution in [2.75, 3.05) is 6.61 Å². The van der Waals surface area contributed by atoms with Gasteiger partial charge in [0, 0.05) is 0 Å². The molecule has 0 bridgehead atoms. The molecule has 0 saturated carbocycles. The molecular weight excluding hydrogens is 839 g/mol. The molecular formula is C62H121NO5. The summed E-state index contributed by atoms with van der Waals surface area (Å²) in [7, 11) is 0. The number of hydrogen-bond donors (Lipinski definition) is 5. The Bertz CT molecular complexity index is 1030. The van der Waals surface area contributed by atoms with Crippen molar-refractivity contribution < 1.29 is 25.2 Å². The second-order valence-corrected chi connectivity index (χ2v) is 21.4. The van der Waals surface area contributed by atoms with Gasteiger partial charge in [-0.1, -0.05) is 308 Å². The number of carbonyl (C=O) groups excluding carboxylic acids is 1. The zero-order chi connectivity index (χ0) is 49.5. The Labute approximate surface area is 425 Å². The van der Waals surface area contributed by atoms with E-state index in [0.717, 1.165) is 38.5 Å². The lowest BCUT2D eigenvalue weighted by Gasteiger charge is -2.27. The number of hydrogen-bond acceptors (Lipinski definition) is 5. The van der Waals surface area contributed by atoms with Crippen molar-refractivity contribution in [3.05, 3.63) is 24.3 Å². The van der Waals surface area contributed by atoms with E-state index in [1.165, 1.54) is 263 Å². The molecule has 0 aromatic rings. The summed E-state index contributed by atoms with van der Waals surface area (Å²) in [6.07, 6.45) is 69.9. The van der Waals surface area contributed by atoms with Crippen molar-refractivity contribution in [3.63, 3.8) is 0 Å². The fraction of sp³-hybridized carbons (Fsp3) is 0.919. The number of unbranched alkanes of at least 4 members (excludes halogenated alkanes) is 44. The maximum absolute atomic E-state index is 12.6. The largest absolute Gasteiger partial charge is 0.394 e. The lowest BCUT2D eigenvalue weighted by Crippen LogP contribution is -2.53. The predicted molar refractivity (Wildman–Crippen MR) is 298 cm³/mol. The minimum atomic E-state index is -1.29. The maximum atomic E-state index is 12.6. The molecule has 404 valence electrons. The minimum absolute atomic E-state index is 0.365. The van der Waals surface area contributed by atoms with Crippen LogP contribution < -0.4 is 5.32 Å². The summed E-state index contributed by atoms with van der Waals surface area (Å²) >= 11 is 0. The number of amides is 1. The Balaban J connectivity index is 3.63. The quantitative estimate of drug-likeness (QED) is 0.0308. The van der Waals surface area contributed by atoms with Crippen LogP contribution in [0.15, 0.2) is 24.3 Å². The summed E-state index contributed by atoms with van der Waals surface area (Å²) in [5.74, 6) is -0.591. The highest BCUT2D eigenvalue weighted by Crippen LogP contribution is 2.18. The van der Waals surface area contributed by atoms with Gasteiger partial charge < -0.3 is 25.7 Å². The van der Waals surface area contributed by atoms with E-state index >= 15 is 0 Å². The first kappa shape index (κ1) is 66.8. The smallest absolute Gasteiger partial charge is 0.249 e. The van der Waals surface area contributed by atoms with Gasteiger partial charge in [0.25, 0.3) is 0 Å². The average Bonchev–Trinajstić information content (AvgIpc) is 3.34. The van der Waals surface area contributed by atoms with Gasteiger partial charge in [-0.3, -0.25) is 4.79 Å². The van der Waals surface area contributed by atoms with Gasteiger partial charge in [0.2, 0.25) is 5.91 Å². The second-order valence-electron chi connectivity index (χ2n) is 21.4. The summed E-state index contributed by atoms with van der Waals surface area (Å²) in [5.41, 5.74) is 0. The molecule has 0 fully saturated rings. The molecule has 5 N–H and O–H groups in total. The zero-order valence-electron chi connectivity index (χ0n) is 45.9. The lowest BCUT2D eigenvalue weighted by atomic mass is 10.00. The van der Waals surface area contributed by atoms with Gasteiger partial charge in [0.1, 0.15) is 12.2 Å². The summed E-state index contributed by atoms with van der Waals surface area (Å²) in [6.45, 7) is 4.09. The third kappa shape index (κ3) is 49.8. The SMILES string of the molecule is CCCCCCCCCCCCCCCCCCCCCC/C=C/CC/C=C/CCCC(O)C(O)C(CO)NC(=O)C(O)CCCCCCCCCCCCCCCCCCCCCCCCC. The Kier molecular flexibility index (Phi) is 55.7. The second kappa shape index (κ2) is 56.7. The molecule has 0 spiro atoms. The fourth-order valence-corrected chi connectivity index (χ4v) is 9.84. The van der Waals surface area contributed by atoms with Crippen LogP contribution in [0.3, 0.4) is 0 Å². The molecule has 0 radical (unpaired) electrons. The first-order chi connectivity index (χ1) is 33.5. The first-order valence-electron chi connectivity index (χ1n) is 30.7. The maximum Gasteiger partial charge on any atom is 0.249 e. The van der Waals surface area contributed by atoms with Crippen molar-refractivity contribution in [1.29, 1.82) is 0 Å². The van der Waals surface area contributed by atoms with E-state index in [1.807, 2.05) is 0 Å². The van der Waals surface area contributed by atoms with Crippen LogP contribution in [0.5, 0.6) is 0 Å². The van der Waals surface area contributed by atoms with Gasteiger partial charge >= 0.3 is 0 Å². The Morgan fingerprint density at radius 2 is 0.618 bits per heavy atom. The highest BCUT2D eigenvalue weighted by atomic mass is 16.3. The molecule has 0 rings (SSSR count). The zero-order valence-corrected chi connectivity index (χ0v) is 45.9. The molecule has 4 atom stereocenters. The van der Waals surface area contributed by atoms with Crippen LogP contribution in [0.4, 0.5) is 0 Å². The first-order valence-corrected chi connectivity index (χ1v) is 30.7. The third-order valence-electron chi connectivity index (χ3n) is 14.6. The van der Waals surface area contributed by atoms with E-state index in [-0.39, 0.29) is 0 Å². The predicted octanol–water partition coefficient (Wildman–Crippen LogP) is 18.2. The van der Waals surface area contributed by atoms with Crippen molar-refractivity contribution in [2.45, 2.75) is 359 Å². The highest BCUT2D eigenvalue weighted by molar-refractivity contribution is 5.80. The van der Waals surface area contributed by atoms with E-state index < -0.39 is 36.9 Å². The fourth-order valence-electron chi connectivity index (χ4n) is 9.84. The van der Waals surface area contributed by atoms with Crippen LogP contribution in [0, 0.1) is 0 Å². The number of aliphatic hydroxyl groups excluding tert-OH is 4. The molecule has 0 saturated heterocycles. The molecule has 6 heteroatoms. The summed E-state index contributed by atoms with van der Waals surface area (Å²) in [4.78, 5) is 12.6. The van der Waals surface area contributed by atoms with Crippen molar-refractivity contribution in [1.82, 2.24) is 5.32 Å². The van der Waals surface area contributed by atoms with Crippen molar-refractivity contribution >= 4 is 5.91 Å². The van der Waals surface area contributed by atoms with Gasteiger partial charge in [0.05, 0.1) is 18.8 Å². The van der Waals surface area contributed by atoms with Crippen LogP contribution in [-0.2, 0) is 4.79 Å². The molecule has 6 nitrogen and oxygen atoms in total. The van der Waals surface area contributed by atoms with E-state index in [2.05, 4.69) is 43.5 Å². The highest BCUT2D eigenvalue weighted by Gasteiger charge is 2.28. The molecule has 0 aliphatic rings. The number of aliphatic hydroxyl groups is 4. The van der Waals surface area contributed by atoms with Gasteiger partial charge in [-0.25, -0.2) is 0 Å². The summed E-state index contributed by atoms with van der Waals surface area (Å²) in [5, 5.41) is 44.0. The van der Waals surface area contributed by atoms with E-state index in [9.17, 15) is 25.2 Å². The van der Waals surface area contributed by atoms with Crippen LogP contribution >= 0.6 is 0 Å². The number of rotatable bonds is 57. The molecule has 0 aliphatic carbocycles. The number of allylic oxidation sites excluding steroid dienone is 4. The summed E-state index contributed by atoms with van der Waals surface area (Å²) in [6, 6.07) is -1.01. The molecule has 1 amide bonds. The standard InChI is InChI=1S/C62H121NO5/c1-3-5-7-9-11-13-15-17-19-21-23-25-27-28-29-30-31-32-34-35-37-39-41-43-45-47-49-51-53-55-59(65)61(67)58(57-64)63-62(68)60(66)56-54-52-50-48-46-44-42-40-38-36-33-26-24-22-20-18-16-14-12-10-8-6-4-2/h39,41,47,49,58-61,64-67H,3-38,40,42-46,48,50-57H2,1-2H3,(H,63,68)/b41-39+,49-47+. The summed E-state index contributed by atoms with van der Waals surface area (Å²) < 4.78 is 0. The molecule has 0 aromatic carbocycles. The van der Waals surface area contributed by atoms with Crippen LogP contribution in [0.25, 0.3) is 0 Å². The normalized spacial score (nSPS) is 13.8. The molecule has 68 heavy (non-hydrogen) atoms. The van der Waals surface area contributed by atoms with Gasteiger partial charge in [-0.2, -0.15) is 0 Å². The Morgan fingerprint density at radius 1 is 0.353 bits per heavy atom. The lowest BCUT2D eigenvalue weighted by molar-refractivity contribution is -0.132. The molecule has 0 heterocycles. The van der Waals surface area contributed by atoms with Gasteiger partial charge in [-0.05, 0) is 51.4 Å². The minimum Gasteiger partial charge on any atom is -0.394 e. The van der Waals surface area contributed by atoms with Crippen molar-refractivity contribution in [3.8, 4) is 0 Å². The monoisotopic (exact) mass is 960 g/mol. The molecule has 0 aliphatic heterocycles. The van der Waals surface area contributed by atoms with E-state index in [0.29, 0.717) is 19.3 Å². The van der Waals surface area contributed by atoms with E-state index in [1.54, 1.807) is 0 Å². The average molecular weight is 961 g/mol.